The minimum Gasteiger partial charge on any atom is -0.377 e. The molecular formula is C33H33N5O. The summed E-state index contributed by atoms with van der Waals surface area (Å²) in [6.07, 6.45) is 3.80. The molecule has 5 aromatic rings. The van der Waals surface area contributed by atoms with Gasteiger partial charge in [0.05, 0.1) is 22.3 Å². The van der Waals surface area contributed by atoms with E-state index < -0.39 is 0 Å². The Morgan fingerprint density at radius 2 is 1.36 bits per heavy atom. The Hall–Kier alpha value is -4.45. The summed E-state index contributed by atoms with van der Waals surface area (Å²) in [6, 6.07) is 30.7. The van der Waals surface area contributed by atoms with E-state index in [9.17, 15) is 4.79 Å². The van der Waals surface area contributed by atoms with Gasteiger partial charge in [-0.15, -0.1) is 0 Å². The first-order valence-electron chi connectivity index (χ1n) is 13.6. The molecule has 1 amide bonds. The number of anilines is 2. The van der Waals surface area contributed by atoms with Gasteiger partial charge in [-0.3, -0.25) is 4.79 Å². The fourth-order valence-corrected chi connectivity index (χ4v) is 5.58. The maximum absolute atomic E-state index is 13.5. The van der Waals surface area contributed by atoms with Gasteiger partial charge in [0.1, 0.15) is 5.82 Å². The lowest BCUT2D eigenvalue weighted by Gasteiger charge is -2.30. The number of hydrogen-bond acceptors (Lipinski definition) is 5. The fraction of sp³-hybridized carbons (Fsp3) is 0.242. The van der Waals surface area contributed by atoms with Crippen LogP contribution in [0.4, 0.5) is 11.5 Å². The van der Waals surface area contributed by atoms with Crippen LogP contribution in [-0.2, 0) is 0 Å². The Morgan fingerprint density at radius 3 is 2.08 bits per heavy atom. The van der Waals surface area contributed by atoms with Crippen molar-refractivity contribution >= 4 is 39.2 Å². The molecule has 1 saturated carbocycles. The van der Waals surface area contributed by atoms with Gasteiger partial charge in [-0.05, 0) is 43.9 Å². The Bertz CT molecular complexity index is 1620. The first kappa shape index (κ1) is 24.9. The largest absolute Gasteiger partial charge is 0.377 e. The predicted molar refractivity (Wildman–Crippen MR) is 160 cm³/mol. The number of pyridine rings is 2. The average molecular weight is 516 g/mol. The van der Waals surface area contributed by atoms with Crippen molar-refractivity contribution in [3.63, 3.8) is 0 Å². The average Bonchev–Trinajstić information content (AvgIpc) is 2.97. The van der Waals surface area contributed by atoms with E-state index in [1.807, 2.05) is 66.7 Å². The molecule has 0 bridgehead atoms. The second kappa shape index (κ2) is 10.7. The number of carbonyl (C=O) groups is 1. The summed E-state index contributed by atoms with van der Waals surface area (Å²) in [6.45, 7) is 0. The van der Waals surface area contributed by atoms with E-state index >= 15 is 0 Å². The van der Waals surface area contributed by atoms with Gasteiger partial charge in [-0.25, -0.2) is 9.97 Å². The molecule has 6 rings (SSSR count). The van der Waals surface area contributed by atoms with Crippen molar-refractivity contribution in [2.45, 2.75) is 37.8 Å². The van der Waals surface area contributed by atoms with Crippen molar-refractivity contribution in [2.24, 2.45) is 0 Å². The Labute approximate surface area is 229 Å². The van der Waals surface area contributed by atoms with Crippen molar-refractivity contribution < 1.29 is 4.79 Å². The van der Waals surface area contributed by atoms with E-state index in [2.05, 4.69) is 53.9 Å². The van der Waals surface area contributed by atoms with E-state index in [0.717, 1.165) is 70.3 Å². The Balaban J connectivity index is 1.15. The zero-order valence-corrected chi connectivity index (χ0v) is 22.4. The van der Waals surface area contributed by atoms with Crippen LogP contribution in [0.15, 0.2) is 91.0 Å². The zero-order chi connectivity index (χ0) is 26.8. The zero-order valence-electron chi connectivity index (χ0n) is 22.4. The molecule has 2 aromatic heterocycles. The molecule has 0 atom stereocenters. The summed E-state index contributed by atoms with van der Waals surface area (Å²) < 4.78 is 0. The Morgan fingerprint density at radius 1 is 0.744 bits per heavy atom. The molecule has 1 aliphatic carbocycles. The molecule has 1 aliphatic rings. The molecule has 1 fully saturated rings. The van der Waals surface area contributed by atoms with Gasteiger partial charge in [0, 0.05) is 54.3 Å². The third-order valence-electron chi connectivity index (χ3n) is 7.62. The molecule has 2 heterocycles. The second-order valence-electron chi connectivity index (χ2n) is 10.5. The molecule has 6 heteroatoms. The quantitative estimate of drug-likeness (QED) is 0.264. The number of fused-ring (bicyclic) bond motifs is 2. The number of amides is 1. The second-order valence-corrected chi connectivity index (χ2v) is 10.5. The topological polar surface area (TPSA) is 70.2 Å². The van der Waals surface area contributed by atoms with Gasteiger partial charge in [-0.2, -0.15) is 0 Å². The van der Waals surface area contributed by atoms with Crippen LogP contribution < -0.4 is 15.5 Å². The lowest BCUT2D eigenvalue weighted by atomic mass is 9.90. The summed E-state index contributed by atoms with van der Waals surface area (Å²) in [4.78, 5) is 25.4. The third kappa shape index (κ3) is 5.28. The summed E-state index contributed by atoms with van der Waals surface area (Å²) >= 11 is 0. The number of nitrogens with one attached hydrogen (secondary N) is 2. The standard InChI is InChI=1S/C33H33N5O/c1-38(2)31-21-32(37-29-15-9-7-13-26(29)31)34-23-16-18-24(19-17-23)35-33(39)27-20-30(22-10-4-3-5-11-22)36-28-14-8-6-12-25(27)28/h3-15,20-21,23-24H,16-19H2,1-2H3,(H,34,37)(H,35,39)/t23-,24+. The molecular weight excluding hydrogens is 482 g/mol. The minimum absolute atomic E-state index is 0.0333. The summed E-state index contributed by atoms with van der Waals surface area (Å²) in [7, 11) is 4.13. The van der Waals surface area contributed by atoms with Gasteiger partial charge in [0.15, 0.2) is 0 Å². The summed E-state index contributed by atoms with van der Waals surface area (Å²) in [5.74, 6) is 0.871. The molecule has 0 spiro atoms. The van der Waals surface area contributed by atoms with Crippen LogP contribution in [-0.4, -0.2) is 42.1 Å². The lowest BCUT2D eigenvalue weighted by Crippen LogP contribution is -2.40. The van der Waals surface area contributed by atoms with Crippen molar-refractivity contribution in [3.05, 3.63) is 96.6 Å². The summed E-state index contributed by atoms with van der Waals surface area (Å²) in [5, 5.41) is 9.02. The maximum atomic E-state index is 13.5. The van der Waals surface area contributed by atoms with Crippen molar-refractivity contribution in [2.75, 3.05) is 24.3 Å². The van der Waals surface area contributed by atoms with Crippen LogP contribution >= 0.6 is 0 Å². The van der Waals surface area contributed by atoms with Gasteiger partial charge in [-0.1, -0.05) is 66.7 Å². The SMILES string of the molecule is CN(C)c1cc(N[C@H]2CC[C@@H](NC(=O)c3cc(-c4ccccc4)nc4ccccc34)CC2)nc2ccccc12. The van der Waals surface area contributed by atoms with Crippen LogP contribution in [0.25, 0.3) is 33.1 Å². The highest BCUT2D eigenvalue weighted by Crippen LogP contribution is 2.30. The highest BCUT2D eigenvalue weighted by atomic mass is 16.1. The number of para-hydroxylation sites is 2. The van der Waals surface area contributed by atoms with E-state index in [1.165, 1.54) is 0 Å². The third-order valence-corrected chi connectivity index (χ3v) is 7.62. The highest BCUT2D eigenvalue weighted by molar-refractivity contribution is 6.07. The monoisotopic (exact) mass is 515 g/mol. The predicted octanol–water partition coefficient (Wildman–Crippen LogP) is 6.67. The first-order chi connectivity index (χ1) is 19.0. The molecule has 0 aliphatic heterocycles. The number of benzene rings is 3. The molecule has 2 N–H and O–H groups in total. The minimum atomic E-state index is -0.0333. The maximum Gasteiger partial charge on any atom is 0.252 e. The van der Waals surface area contributed by atoms with Crippen LogP contribution in [0, 0.1) is 0 Å². The normalized spacial score (nSPS) is 17.2. The smallest absolute Gasteiger partial charge is 0.252 e. The lowest BCUT2D eigenvalue weighted by molar-refractivity contribution is 0.0928. The van der Waals surface area contributed by atoms with E-state index in [1.54, 1.807) is 0 Å². The van der Waals surface area contributed by atoms with E-state index in [0.29, 0.717) is 11.6 Å². The van der Waals surface area contributed by atoms with Crippen molar-refractivity contribution in [1.29, 1.82) is 0 Å². The fourth-order valence-electron chi connectivity index (χ4n) is 5.58. The van der Waals surface area contributed by atoms with Gasteiger partial charge in [0.25, 0.3) is 5.91 Å². The van der Waals surface area contributed by atoms with Crippen molar-refractivity contribution in [1.82, 2.24) is 15.3 Å². The molecule has 196 valence electrons. The number of aromatic nitrogens is 2. The number of hydrogen-bond donors (Lipinski definition) is 2. The van der Waals surface area contributed by atoms with Crippen LogP contribution in [0.3, 0.4) is 0 Å². The molecule has 6 nitrogen and oxygen atoms in total. The highest BCUT2D eigenvalue weighted by Gasteiger charge is 2.24. The molecule has 39 heavy (non-hydrogen) atoms. The van der Waals surface area contributed by atoms with Gasteiger partial charge < -0.3 is 15.5 Å². The molecule has 0 saturated heterocycles. The van der Waals surface area contributed by atoms with E-state index in [4.69, 9.17) is 9.97 Å². The first-order valence-corrected chi connectivity index (χ1v) is 13.6. The van der Waals surface area contributed by atoms with Crippen LogP contribution in [0.2, 0.25) is 0 Å². The number of rotatable bonds is 6. The van der Waals surface area contributed by atoms with Crippen LogP contribution in [0.5, 0.6) is 0 Å². The number of nitrogens with zero attached hydrogens (tertiary/aromatic N) is 3. The molecule has 3 aromatic carbocycles. The van der Waals surface area contributed by atoms with Gasteiger partial charge >= 0.3 is 0 Å². The van der Waals surface area contributed by atoms with Gasteiger partial charge in [0.2, 0.25) is 0 Å². The number of carbonyl (C=O) groups excluding carboxylic acids is 1. The Kier molecular flexibility index (Phi) is 6.84. The van der Waals surface area contributed by atoms with Crippen molar-refractivity contribution in [3.8, 4) is 11.3 Å². The molecule has 0 unspecified atom stereocenters. The van der Waals surface area contributed by atoms with E-state index in [-0.39, 0.29) is 11.9 Å². The van der Waals surface area contributed by atoms with Crippen LogP contribution in [0.1, 0.15) is 36.0 Å². The molecule has 0 radical (unpaired) electrons. The summed E-state index contributed by atoms with van der Waals surface area (Å²) in [5.41, 5.74) is 5.47.